The van der Waals surface area contributed by atoms with E-state index >= 15 is 0 Å². The Morgan fingerprint density at radius 1 is 0.707 bits per heavy atom. The molecule has 0 aliphatic carbocycles. The number of aliphatic hydroxyl groups excluding tert-OH is 1. The van der Waals surface area contributed by atoms with E-state index in [2.05, 4.69) is 26.6 Å². The second kappa shape index (κ2) is 17.6. The van der Waals surface area contributed by atoms with Gasteiger partial charge in [0.05, 0.1) is 12.1 Å². The molecule has 0 aromatic rings. The highest BCUT2D eigenvalue weighted by Crippen LogP contribution is 2.08. The van der Waals surface area contributed by atoms with Crippen molar-refractivity contribution in [2.24, 2.45) is 11.7 Å². The van der Waals surface area contributed by atoms with Gasteiger partial charge in [-0.15, -0.1) is 0 Å². The summed E-state index contributed by atoms with van der Waals surface area (Å²) in [5.74, 6) is -1.72. The number of hydrogen-bond donors (Lipinski definition) is 7. The summed E-state index contributed by atoms with van der Waals surface area (Å²) in [6, 6.07) is -3.15. The molecule has 0 saturated carbocycles. The van der Waals surface area contributed by atoms with Crippen LogP contribution in [0.2, 0.25) is 0 Å². The van der Waals surface area contributed by atoms with Gasteiger partial charge in [0.15, 0.2) is 0 Å². The molecule has 0 radical (unpaired) electrons. The average Bonchev–Trinajstić information content (AvgIpc) is 2.78. The van der Waals surface area contributed by atoms with Crippen molar-refractivity contribution in [2.45, 2.75) is 117 Å². The molecule has 14 heteroatoms. The number of nitrogens with two attached hydrogens (primary N) is 1. The third kappa shape index (κ3) is 19.6. The van der Waals surface area contributed by atoms with Gasteiger partial charge in [-0.1, -0.05) is 13.8 Å². The highest BCUT2D eigenvalue weighted by molar-refractivity contribution is 5.93. The Hall–Kier alpha value is -3.13. The van der Waals surface area contributed by atoms with E-state index in [1.807, 2.05) is 13.8 Å². The number of aliphatic hydroxyl groups is 1. The molecular weight excluding hydrogens is 536 g/mol. The monoisotopic (exact) mass is 588 g/mol. The predicted octanol–water partition coefficient (Wildman–Crippen LogP) is 0.656. The molecule has 0 spiro atoms. The van der Waals surface area contributed by atoms with E-state index in [9.17, 15) is 29.1 Å². The lowest BCUT2D eigenvalue weighted by molar-refractivity contribution is -0.132. The van der Waals surface area contributed by atoms with Crippen LogP contribution in [0, 0.1) is 5.92 Å². The zero-order valence-corrected chi connectivity index (χ0v) is 26.0. The van der Waals surface area contributed by atoms with Crippen LogP contribution in [0.3, 0.4) is 0 Å². The standard InChI is InChI=1S/C27H52N6O8/c1-16(2)14-18(28)21(35)32-20(11-13-30-25(39)41-27(7,8)9)23(37)33-19(22(36)31-15-17(3)34)10-12-29-24(38)40-26(4,5)6/h16-20,34H,10-15,28H2,1-9H3,(H,29,38)(H,30,39)(H,31,36)(H,32,35)(H,33,37)/t17-,18+,19+,20+/m1/s1. The van der Waals surface area contributed by atoms with Gasteiger partial charge in [-0.05, 0) is 73.6 Å². The lowest BCUT2D eigenvalue weighted by Crippen LogP contribution is -2.57. The molecule has 5 amide bonds. The fourth-order valence-electron chi connectivity index (χ4n) is 3.34. The maximum atomic E-state index is 13.3. The van der Waals surface area contributed by atoms with Gasteiger partial charge in [-0.3, -0.25) is 14.4 Å². The third-order valence-electron chi connectivity index (χ3n) is 5.10. The van der Waals surface area contributed by atoms with E-state index in [-0.39, 0.29) is 38.4 Å². The van der Waals surface area contributed by atoms with Crippen molar-refractivity contribution in [1.82, 2.24) is 26.6 Å². The molecule has 0 saturated heterocycles. The van der Waals surface area contributed by atoms with Gasteiger partial charge < -0.3 is 46.9 Å². The number of amides is 5. The second-order valence-corrected chi connectivity index (χ2v) is 12.4. The Labute approximate surface area is 243 Å². The zero-order chi connectivity index (χ0) is 32.0. The minimum absolute atomic E-state index is 0.0136. The average molecular weight is 589 g/mol. The summed E-state index contributed by atoms with van der Waals surface area (Å²) in [5.41, 5.74) is 4.55. The van der Waals surface area contributed by atoms with Gasteiger partial charge in [-0.25, -0.2) is 9.59 Å². The molecule has 4 atom stereocenters. The molecule has 0 unspecified atom stereocenters. The van der Waals surface area contributed by atoms with Crippen LogP contribution in [0.25, 0.3) is 0 Å². The molecule has 0 aliphatic rings. The molecule has 0 heterocycles. The molecule has 0 fully saturated rings. The molecule has 0 aliphatic heterocycles. The molecule has 8 N–H and O–H groups in total. The Kier molecular flexibility index (Phi) is 16.3. The van der Waals surface area contributed by atoms with Crippen molar-refractivity contribution in [1.29, 1.82) is 0 Å². The maximum Gasteiger partial charge on any atom is 0.407 e. The number of carbonyl (C=O) groups excluding carboxylic acids is 5. The number of ether oxygens (including phenoxy) is 2. The number of hydrogen-bond acceptors (Lipinski definition) is 9. The van der Waals surface area contributed by atoms with Crippen molar-refractivity contribution in [3.05, 3.63) is 0 Å². The SMILES string of the molecule is CC(C)C[C@H](N)C(=O)N[C@@H](CCNC(=O)OC(C)(C)C)C(=O)N[C@@H](CCNC(=O)OC(C)(C)C)C(=O)NC[C@@H](C)O. The summed E-state index contributed by atoms with van der Waals surface area (Å²) >= 11 is 0. The molecule has 0 aromatic heterocycles. The van der Waals surface area contributed by atoms with E-state index in [0.717, 1.165) is 0 Å². The summed E-state index contributed by atoms with van der Waals surface area (Å²) in [6.07, 6.45) is -1.86. The van der Waals surface area contributed by atoms with E-state index in [0.29, 0.717) is 6.42 Å². The fourth-order valence-corrected chi connectivity index (χ4v) is 3.34. The van der Waals surface area contributed by atoms with Gasteiger partial charge in [0.1, 0.15) is 23.3 Å². The topological polar surface area (TPSA) is 210 Å². The number of nitrogens with one attached hydrogen (secondary N) is 5. The zero-order valence-electron chi connectivity index (χ0n) is 26.0. The van der Waals surface area contributed by atoms with Crippen LogP contribution in [-0.4, -0.2) is 90.1 Å². The lowest BCUT2D eigenvalue weighted by Gasteiger charge is -2.25. The van der Waals surface area contributed by atoms with E-state index in [1.54, 1.807) is 41.5 Å². The van der Waals surface area contributed by atoms with Crippen LogP contribution in [0.1, 0.15) is 81.6 Å². The Bertz CT molecular complexity index is 867. The first-order valence-electron chi connectivity index (χ1n) is 14.0. The quantitative estimate of drug-likeness (QED) is 0.143. The van der Waals surface area contributed by atoms with Crippen LogP contribution in [0.4, 0.5) is 9.59 Å². The van der Waals surface area contributed by atoms with Gasteiger partial charge >= 0.3 is 12.2 Å². The highest BCUT2D eigenvalue weighted by atomic mass is 16.6. The molecule has 41 heavy (non-hydrogen) atoms. The van der Waals surface area contributed by atoms with Crippen LogP contribution >= 0.6 is 0 Å². The van der Waals surface area contributed by atoms with E-state index in [4.69, 9.17) is 15.2 Å². The van der Waals surface area contributed by atoms with Crippen molar-refractivity contribution in [3.63, 3.8) is 0 Å². The first-order valence-corrected chi connectivity index (χ1v) is 14.0. The van der Waals surface area contributed by atoms with Crippen LogP contribution < -0.4 is 32.3 Å². The minimum Gasteiger partial charge on any atom is -0.444 e. The number of carbonyl (C=O) groups is 5. The van der Waals surface area contributed by atoms with Gasteiger partial charge in [0, 0.05) is 19.6 Å². The Morgan fingerprint density at radius 3 is 1.51 bits per heavy atom. The number of rotatable bonds is 15. The second-order valence-electron chi connectivity index (χ2n) is 12.4. The maximum absolute atomic E-state index is 13.3. The minimum atomic E-state index is -1.15. The summed E-state index contributed by atoms with van der Waals surface area (Å²) in [5, 5.41) is 22.4. The van der Waals surface area contributed by atoms with Gasteiger partial charge in [-0.2, -0.15) is 0 Å². The van der Waals surface area contributed by atoms with E-state index in [1.165, 1.54) is 6.92 Å². The van der Waals surface area contributed by atoms with Crippen LogP contribution in [0.15, 0.2) is 0 Å². The molecular formula is C27H52N6O8. The van der Waals surface area contributed by atoms with Crippen molar-refractivity contribution in [2.75, 3.05) is 19.6 Å². The first kappa shape index (κ1) is 37.9. The molecule has 0 bridgehead atoms. The lowest BCUT2D eigenvalue weighted by atomic mass is 10.0. The largest absolute Gasteiger partial charge is 0.444 e. The van der Waals surface area contributed by atoms with E-state index < -0.39 is 65.3 Å². The number of alkyl carbamates (subject to hydrolysis) is 2. The third-order valence-corrected chi connectivity index (χ3v) is 5.10. The predicted molar refractivity (Wildman–Crippen MR) is 154 cm³/mol. The highest BCUT2D eigenvalue weighted by Gasteiger charge is 2.29. The Morgan fingerprint density at radius 2 is 1.12 bits per heavy atom. The fraction of sp³-hybridized carbons (Fsp3) is 0.815. The molecule has 0 aromatic carbocycles. The smallest absolute Gasteiger partial charge is 0.407 e. The first-order chi connectivity index (χ1) is 18.7. The van der Waals surface area contributed by atoms with Crippen LogP contribution in [-0.2, 0) is 23.9 Å². The van der Waals surface area contributed by atoms with Crippen molar-refractivity contribution < 1.29 is 38.6 Å². The Balaban J connectivity index is 5.61. The van der Waals surface area contributed by atoms with Crippen molar-refractivity contribution >= 4 is 29.9 Å². The molecule has 238 valence electrons. The van der Waals surface area contributed by atoms with Crippen molar-refractivity contribution in [3.8, 4) is 0 Å². The summed E-state index contributed by atoms with van der Waals surface area (Å²) in [4.78, 5) is 63.0. The van der Waals surface area contributed by atoms with Gasteiger partial charge in [0.2, 0.25) is 17.7 Å². The summed E-state index contributed by atoms with van der Waals surface area (Å²) < 4.78 is 10.4. The molecule has 0 rings (SSSR count). The summed E-state index contributed by atoms with van der Waals surface area (Å²) in [6.45, 7) is 15.4. The molecule has 14 nitrogen and oxygen atoms in total. The van der Waals surface area contributed by atoms with Gasteiger partial charge in [0.25, 0.3) is 0 Å². The van der Waals surface area contributed by atoms with Crippen LogP contribution in [0.5, 0.6) is 0 Å². The normalized spacial score (nSPS) is 14.6. The summed E-state index contributed by atoms with van der Waals surface area (Å²) in [7, 11) is 0.